The van der Waals surface area contributed by atoms with Crippen LogP contribution in [0.2, 0.25) is 0 Å². The molecule has 0 amide bonds. The summed E-state index contributed by atoms with van der Waals surface area (Å²) in [4.78, 5) is 4.49. The molecule has 0 fully saturated rings. The summed E-state index contributed by atoms with van der Waals surface area (Å²) in [5.41, 5.74) is 4.75. The van der Waals surface area contributed by atoms with Gasteiger partial charge in [-0.3, -0.25) is 9.67 Å². The number of aromatic nitrogens is 3. The predicted octanol–water partition coefficient (Wildman–Crippen LogP) is 3.19. The fourth-order valence-corrected chi connectivity index (χ4v) is 2.99. The second kappa shape index (κ2) is 5.34. The number of pyridine rings is 1. The van der Waals surface area contributed by atoms with Crippen LogP contribution in [-0.2, 0) is 13.6 Å². The van der Waals surface area contributed by atoms with Gasteiger partial charge in [0.05, 0.1) is 16.4 Å². The zero-order valence-corrected chi connectivity index (χ0v) is 12.7. The molecule has 3 aromatic heterocycles. The van der Waals surface area contributed by atoms with Crippen LogP contribution in [0, 0.1) is 6.92 Å². The van der Waals surface area contributed by atoms with Crippen molar-refractivity contribution in [3.63, 3.8) is 0 Å². The number of nitrogens with one attached hydrogen (secondary N) is 1. The van der Waals surface area contributed by atoms with Gasteiger partial charge in [-0.05, 0) is 36.9 Å². The Labute approximate surface area is 122 Å². The highest BCUT2D eigenvalue weighted by molar-refractivity contribution is 7.17. The third kappa shape index (κ3) is 2.46. The van der Waals surface area contributed by atoms with Gasteiger partial charge in [-0.25, -0.2) is 0 Å². The van der Waals surface area contributed by atoms with Crippen LogP contribution in [0.5, 0.6) is 0 Å². The molecule has 1 atom stereocenters. The average Bonchev–Trinajstić information content (AvgIpc) is 3.04. The summed E-state index contributed by atoms with van der Waals surface area (Å²) >= 11 is 1.74. The topological polar surface area (TPSA) is 42.7 Å². The minimum atomic E-state index is 0.272. The summed E-state index contributed by atoms with van der Waals surface area (Å²) in [6.45, 7) is 5.08. The van der Waals surface area contributed by atoms with Crippen molar-refractivity contribution in [1.82, 2.24) is 20.1 Å². The SMILES string of the molecule is Cc1c(CN[C@H](C)c2cnc3ccsc3c2)cnn1C. The smallest absolute Gasteiger partial charge is 0.0809 e. The van der Waals surface area contributed by atoms with Gasteiger partial charge in [0.1, 0.15) is 0 Å². The van der Waals surface area contributed by atoms with Crippen molar-refractivity contribution in [3.8, 4) is 0 Å². The van der Waals surface area contributed by atoms with Crippen molar-refractivity contribution in [2.75, 3.05) is 0 Å². The van der Waals surface area contributed by atoms with Crippen LogP contribution >= 0.6 is 11.3 Å². The highest BCUT2D eigenvalue weighted by Crippen LogP contribution is 2.22. The molecule has 0 spiro atoms. The molecular formula is C15H18N4S. The summed E-state index contributed by atoms with van der Waals surface area (Å²) < 4.78 is 3.15. The van der Waals surface area contributed by atoms with E-state index >= 15 is 0 Å². The van der Waals surface area contributed by atoms with Gasteiger partial charge >= 0.3 is 0 Å². The van der Waals surface area contributed by atoms with Crippen LogP contribution in [0.15, 0.2) is 29.9 Å². The lowest BCUT2D eigenvalue weighted by Crippen LogP contribution is -2.18. The van der Waals surface area contributed by atoms with Crippen molar-refractivity contribution in [2.24, 2.45) is 7.05 Å². The zero-order chi connectivity index (χ0) is 14.1. The molecule has 0 bridgehead atoms. The van der Waals surface area contributed by atoms with Crippen LogP contribution < -0.4 is 5.32 Å². The van der Waals surface area contributed by atoms with E-state index in [1.54, 1.807) is 11.3 Å². The van der Waals surface area contributed by atoms with Crippen LogP contribution in [0.3, 0.4) is 0 Å². The van der Waals surface area contributed by atoms with E-state index in [-0.39, 0.29) is 6.04 Å². The Morgan fingerprint density at radius 1 is 1.40 bits per heavy atom. The molecule has 0 unspecified atom stereocenters. The second-order valence-corrected chi connectivity index (χ2v) is 6.00. The van der Waals surface area contributed by atoms with Gasteiger partial charge < -0.3 is 5.32 Å². The van der Waals surface area contributed by atoms with Crippen molar-refractivity contribution in [2.45, 2.75) is 26.4 Å². The molecule has 0 aliphatic rings. The molecule has 1 N–H and O–H groups in total. The fraction of sp³-hybridized carbons (Fsp3) is 0.333. The average molecular weight is 286 g/mol. The highest BCUT2D eigenvalue weighted by Gasteiger charge is 2.09. The zero-order valence-electron chi connectivity index (χ0n) is 11.9. The second-order valence-electron chi connectivity index (χ2n) is 5.05. The first kappa shape index (κ1) is 13.3. The summed E-state index contributed by atoms with van der Waals surface area (Å²) in [7, 11) is 1.97. The van der Waals surface area contributed by atoms with E-state index in [1.165, 1.54) is 21.5 Å². The maximum absolute atomic E-state index is 4.49. The molecule has 4 nitrogen and oxygen atoms in total. The molecule has 0 aliphatic heterocycles. The Bertz CT molecular complexity index is 728. The predicted molar refractivity (Wildman–Crippen MR) is 82.8 cm³/mol. The van der Waals surface area contributed by atoms with Gasteiger partial charge in [0, 0.05) is 37.1 Å². The van der Waals surface area contributed by atoms with Crippen LogP contribution in [-0.4, -0.2) is 14.8 Å². The Hall–Kier alpha value is -1.72. The lowest BCUT2D eigenvalue weighted by atomic mass is 10.1. The molecule has 0 radical (unpaired) electrons. The van der Waals surface area contributed by atoms with Gasteiger partial charge in [0.15, 0.2) is 0 Å². The third-order valence-electron chi connectivity index (χ3n) is 3.76. The summed E-state index contributed by atoms with van der Waals surface area (Å²) in [6.07, 6.45) is 3.89. The molecule has 3 aromatic rings. The van der Waals surface area contributed by atoms with E-state index in [9.17, 15) is 0 Å². The van der Waals surface area contributed by atoms with Crippen LogP contribution in [0.1, 0.15) is 29.8 Å². The van der Waals surface area contributed by atoms with E-state index in [1.807, 2.05) is 24.1 Å². The molecule has 3 rings (SSSR count). The number of thiophene rings is 1. The summed E-state index contributed by atoms with van der Waals surface area (Å²) in [5.74, 6) is 0. The van der Waals surface area contributed by atoms with Crippen molar-refractivity contribution < 1.29 is 0 Å². The van der Waals surface area contributed by atoms with Crippen molar-refractivity contribution >= 4 is 21.6 Å². The molecule has 0 aliphatic carbocycles. The normalized spacial score (nSPS) is 12.9. The number of hydrogen-bond donors (Lipinski definition) is 1. The first-order valence-corrected chi connectivity index (χ1v) is 7.57. The highest BCUT2D eigenvalue weighted by atomic mass is 32.1. The third-order valence-corrected chi connectivity index (χ3v) is 4.61. The minimum Gasteiger partial charge on any atom is -0.306 e. The van der Waals surface area contributed by atoms with Gasteiger partial charge in [0.2, 0.25) is 0 Å². The summed E-state index contributed by atoms with van der Waals surface area (Å²) in [6, 6.07) is 4.55. The quantitative estimate of drug-likeness (QED) is 0.801. The molecular weight excluding hydrogens is 268 g/mol. The van der Waals surface area contributed by atoms with E-state index in [4.69, 9.17) is 0 Å². The Morgan fingerprint density at radius 3 is 3.00 bits per heavy atom. The number of aryl methyl sites for hydroxylation is 1. The number of rotatable bonds is 4. The standard InChI is InChI=1S/C15H18N4S/c1-10(16-8-13-9-18-19(3)11(13)2)12-6-15-14(17-7-12)4-5-20-15/h4-7,9-10,16H,8H2,1-3H3/t10-/m1/s1. The summed E-state index contributed by atoms with van der Waals surface area (Å²) in [5, 5.41) is 9.89. The van der Waals surface area contributed by atoms with Gasteiger partial charge in [-0.15, -0.1) is 11.3 Å². The maximum Gasteiger partial charge on any atom is 0.0809 e. The number of hydrogen-bond acceptors (Lipinski definition) is 4. The number of nitrogens with zero attached hydrogens (tertiary/aromatic N) is 3. The monoisotopic (exact) mass is 286 g/mol. The van der Waals surface area contributed by atoms with E-state index in [0.717, 1.165) is 12.1 Å². The van der Waals surface area contributed by atoms with E-state index in [0.29, 0.717) is 0 Å². The van der Waals surface area contributed by atoms with Crippen molar-refractivity contribution in [3.05, 3.63) is 46.7 Å². The molecule has 0 saturated carbocycles. The maximum atomic E-state index is 4.49. The Morgan fingerprint density at radius 2 is 2.25 bits per heavy atom. The Kier molecular flexibility index (Phi) is 3.54. The fourth-order valence-electron chi connectivity index (χ4n) is 2.20. The van der Waals surface area contributed by atoms with E-state index in [2.05, 4.69) is 46.8 Å². The van der Waals surface area contributed by atoms with Crippen molar-refractivity contribution in [1.29, 1.82) is 0 Å². The first-order valence-electron chi connectivity index (χ1n) is 6.69. The molecule has 20 heavy (non-hydrogen) atoms. The van der Waals surface area contributed by atoms with Gasteiger partial charge in [-0.2, -0.15) is 5.10 Å². The lowest BCUT2D eigenvalue weighted by molar-refractivity contribution is 0.572. The first-order chi connectivity index (χ1) is 9.65. The molecule has 0 saturated heterocycles. The molecule has 5 heteroatoms. The molecule has 0 aromatic carbocycles. The van der Waals surface area contributed by atoms with Gasteiger partial charge in [-0.1, -0.05) is 0 Å². The van der Waals surface area contributed by atoms with E-state index < -0.39 is 0 Å². The van der Waals surface area contributed by atoms with Crippen LogP contribution in [0.4, 0.5) is 0 Å². The van der Waals surface area contributed by atoms with Gasteiger partial charge in [0.25, 0.3) is 0 Å². The lowest BCUT2D eigenvalue weighted by Gasteiger charge is -2.13. The largest absolute Gasteiger partial charge is 0.306 e. The number of fused-ring (bicyclic) bond motifs is 1. The molecule has 104 valence electrons. The van der Waals surface area contributed by atoms with Crippen LogP contribution in [0.25, 0.3) is 10.2 Å². The minimum absolute atomic E-state index is 0.272. The Balaban J connectivity index is 1.72. The molecule has 3 heterocycles.